The zero-order chi connectivity index (χ0) is 29.4. The van der Waals surface area contributed by atoms with Crippen LogP contribution in [-0.4, -0.2) is 78.2 Å². The number of hydrogen-bond donors (Lipinski definition) is 4. The van der Waals surface area contributed by atoms with Crippen molar-refractivity contribution in [1.29, 1.82) is 0 Å². The number of benzene rings is 2. The first kappa shape index (κ1) is 29.7. The molecule has 0 aromatic heterocycles. The molecule has 4 N–H and O–H groups in total. The Hall–Kier alpha value is -4.28. The number of piperidine rings is 1. The number of anilines is 2. The van der Waals surface area contributed by atoms with E-state index in [-0.39, 0.29) is 30.9 Å². The number of likely N-dealkylation sites (tertiary alicyclic amines) is 2. The van der Waals surface area contributed by atoms with E-state index < -0.39 is 17.9 Å². The summed E-state index contributed by atoms with van der Waals surface area (Å²) < 4.78 is 5.49. The minimum atomic E-state index is -0.875. The minimum absolute atomic E-state index is 0.0601. The number of nitrogens with zero attached hydrogens (tertiary/aromatic N) is 2. The number of carbonyl (C=O) groups excluding carboxylic acids is 3. The predicted octanol–water partition coefficient (Wildman–Crippen LogP) is 4.08. The molecule has 41 heavy (non-hydrogen) atoms. The van der Waals surface area contributed by atoms with Gasteiger partial charge >= 0.3 is 18.0 Å². The summed E-state index contributed by atoms with van der Waals surface area (Å²) in [6.07, 6.45) is 3.86. The minimum Gasteiger partial charge on any atom is -0.495 e. The molecule has 2 aliphatic heterocycles. The van der Waals surface area contributed by atoms with Gasteiger partial charge in [0.2, 0.25) is 5.91 Å². The Morgan fingerprint density at radius 1 is 0.927 bits per heavy atom. The van der Waals surface area contributed by atoms with Crippen molar-refractivity contribution in [2.45, 2.75) is 51.5 Å². The van der Waals surface area contributed by atoms with Gasteiger partial charge in [-0.25, -0.2) is 9.59 Å². The van der Waals surface area contributed by atoms with Crippen LogP contribution in [0.1, 0.15) is 43.2 Å². The van der Waals surface area contributed by atoms with Gasteiger partial charge in [-0.05, 0) is 68.4 Å². The number of ether oxygens (including phenoxy) is 1. The summed E-state index contributed by atoms with van der Waals surface area (Å²) in [6.45, 7) is 3.65. The fourth-order valence-electron chi connectivity index (χ4n) is 5.34. The number of methoxy groups -OCH3 is 1. The second-order valence-electron chi connectivity index (χ2n) is 10.7. The quantitative estimate of drug-likeness (QED) is 0.399. The van der Waals surface area contributed by atoms with Crippen molar-refractivity contribution in [3.63, 3.8) is 0 Å². The smallest absolute Gasteiger partial charge is 0.323 e. The van der Waals surface area contributed by atoms with Crippen LogP contribution in [0.25, 0.3) is 0 Å². The Bertz CT molecular complexity index is 1270. The van der Waals surface area contributed by atoms with Crippen molar-refractivity contribution in [1.82, 2.24) is 15.1 Å². The Balaban J connectivity index is 1.33. The van der Waals surface area contributed by atoms with Crippen LogP contribution in [0.5, 0.6) is 5.75 Å². The van der Waals surface area contributed by atoms with Crippen LogP contribution in [0.2, 0.25) is 0 Å². The maximum Gasteiger partial charge on any atom is 0.323 e. The molecule has 2 aliphatic rings. The number of rotatable bonds is 7. The van der Waals surface area contributed by atoms with Gasteiger partial charge in [0.1, 0.15) is 5.75 Å². The summed E-state index contributed by atoms with van der Waals surface area (Å²) in [5, 5.41) is 18.0. The van der Waals surface area contributed by atoms with Gasteiger partial charge in [-0.15, -0.1) is 0 Å². The predicted molar refractivity (Wildman–Crippen MR) is 155 cm³/mol. The Labute approximate surface area is 240 Å². The van der Waals surface area contributed by atoms with E-state index in [2.05, 4.69) is 16.0 Å². The molecule has 2 saturated heterocycles. The standard InChI is InChI=1S/C30H39N5O6/c1-20-8-3-4-11-24(20)32-29(39)33-25-13-12-21(16-26(25)41-2)17-27(36)34-14-6-5-10-23(19-34)31-30(40)35-15-7-9-22(18-35)28(37)38/h3-4,8,11-13,16,22-23H,5-7,9-10,14-15,17-19H2,1-2H3,(H,31,40)(H,37,38)(H2,32,33,39). The maximum absolute atomic E-state index is 13.3. The fourth-order valence-corrected chi connectivity index (χ4v) is 5.34. The number of aryl methyl sites for hydroxylation is 1. The number of carbonyl (C=O) groups is 4. The van der Waals surface area contributed by atoms with Crippen LogP contribution in [0.15, 0.2) is 42.5 Å². The van der Waals surface area contributed by atoms with Crippen LogP contribution in [0.4, 0.5) is 21.0 Å². The zero-order valence-electron chi connectivity index (χ0n) is 23.7. The Kier molecular flexibility index (Phi) is 10.0. The number of carboxylic acid groups (broad SMARTS) is 1. The molecule has 0 bridgehead atoms. The Morgan fingerprint density at radius 2 is 1.68 bits per heavy atom. The number of urea groups is 2. The third-order valence-electron chi connectivity index (χ3n) is 7.67. The van der Waals surface area contributed by atoms with Crippen LogP contribution in [-0.2, 0) is 16.0 Å². The Morgan fingerprint density at radius 3 is 2.44 bits per heavy atom. The van der Waals surface area contributed by atoms with E-state index in [9.17, 15) is 24.3 Å². The van der Waals surface area contributed by atoms with Crippen LogP contribution in [0, 0.1) is 12.8 Å². The summed E-state index contributed by atoms with van der Waals surface area (Å²) >= 11 is 0. The molecule has 11 heteroatoms. The fraction of sp³-hybridized carbons (Fsp3) is 0.467. The van der Waals surface area contributed by atoms with E-state index in [0.717, 1.165) is 30.4 Å². The van der Waals surface area contributed by atoms with Gasteiger partial charge in [-0.2, -0.15) is 0 Å². The van der Waals surface area contributed by atoms with Crippen LogP contribution < -0.4 is 20.7 Å². The monoisotopic (exact) mass is 565 g/mol. The number of aliphatic carboxylic acids is 1. The van der Waals surface area contributed by atoms with E-state index in [1.807, 2.05) is 31.2 Å². The highest BCUT2D eigenvalue weighted by Crippen LogP contribution is 2.27. The molecule has 0 saturated carbocycles. The van der Waals surface area contributed by atoms with Gasteiger partial charge in [-0.1, -0.05) is 24.3 Å². The van der Waals surface area contributed by atoms with Crippen molar-refractivity contribution >= 4 is 35.3 Å². The van der Waals surface area contributed by atoms with Gasteiger partial charge in [0, 0.05) is 37.9 Å². The van der Waals surface area contributed by atoms with E-state index in [1.54, 1.807) is 28.0 Å². The molecule has 2 aromatic rings. The van der Waals surface area contributed by atoms with Crippen molar-refractivity contribution < 1.29 is 29.0 Å². The highest BCUT2D eigenvalue weighted by Gasteiger charge is 2.30. The van der Waals surface area contributed by atoms with Gasteiger partial charge in [0.25, 0.3) is 0 Å². The summed E-state index contributed by atoms with van der Waals surface area (Å²) in [5.74, 6) is -1.03. The number of amides is 5. The van der Waals surface area contributed by atoms with E-state index in [0.29, 0.717) is 49.6 Å². The molecule has 2 unspecified atom stereocenters. The number of hydrogen-bond acceptors (Lipinski definition) is 5. The summed E-state index contributed by atoms with van der Waals surface area (Å²) in [7, 11) is 1.51. The summed E-state index contributed by atoms with van der Waals surface area (Å²) in [6, 6.07) is 11.9. The van der Waals surface area contributed by atoms with Crippen molar-refractivity contribution in [3.8, 4) is 5.75 Å². The second-order valence-corrected chi connectivity index (χ2v) is 10.7. The molecule has 2 heterocycles. The molecule has 220 valence electrons. The molecule has 0 aliphatic carbocycles. The third-order valence-corrected chi connectivity index (χ3v) is 7.67. The first-order chi connectivity index (χ1) is 19.7. The molecular weight excluding hydrogens is 526 g/mol. The lowest BCUT2D eigenvalue weighted by molar-refractivity contribution is -0.143. The normalized spacial score (nSPS) is 19.1. The second kappa shape index (κ2) is 13.9. The van der Waals surface area contributed by atoms with E-state index in [1.165, 1.54) is 7.11 Å². The topological polar surface area (TPSA) is 140 Å². The van der Waals surface area contributed by atoms with Crippen molar-refractivity contribution in [2.75, 3.05) is 43.9 Å². The molecular formula is C30H39N5O6. The average molecular weight is 566 g/mol. The maximum atomic E-state index is 13.3. The van der Waals surface area contributed by atoms with Crippen LogP contribution >= 0.6 is 0 Å². The molecule has 4 rings (SSSR count). The van der Waals surface area contributed by atoms with Gasteiger partial charge in [-0.3, -0.25) is 9.59 Å². The summed E-state index contributed by atoms with van der Waals surface area (Å²) in [4.78, 5) is 53.5. The average Bonchev–Trinajstić information content (AvgIpc) is 3.20. The van der Waals surface area contributed by atoms with Gasteiger partial charge < -0.3 is 35.6 Å². The summed E-state index contributed by atoms with van der Waals surface area (Å²) in [5.41, 5.74) is 2.88. The first-order valence-electron chi connectivity index (χ1n) is 14.1. The van der Waals surface area contributed by atoms with Crippen molar-refractivity contribution in [3.05, 3.63) is 53.6 Å². The number of nitrogens with one attached hydrogen (secondary N) is 3. The molecule has 0 spiro atoms. The lowest BCUT2D eigenvalue weighted by Gasteiger charge is -2.33. The first-order valence-corrected chi connectivity index (χ1v) is 14.1. The van der Waals surface area contributed by atoms with Gasteiger partial charge in [0.15, 0.2) is 0 Å². The molecule has 11 nitrogen and oxygen atoms in total. The molecule has 0 radical (unpaired) electrons. The van der Waals surface area contributed by atoms with E-state index >= 15 is 0 Å². The SMILES string of the molecule is COc1cc(CC(=O)N2CCCCC(NC(=O)N3CCCC(C(=O)O)C3)C2)ccc1NC(=O)Nc1ccccc1C. The van der Waals surface area contributed by atoms with Crippen molar-refractivity contribution in [2.24, 2.45) is 5.92 Å². The van der Waals surface area contributed by atoms with Gasteiger partial charge in [0.05, 0.1) is 25.1 Å². The largest absolute Gasteiger partial charge is 0.495 e. The molecule has 2 aromatic carbocycles. The highest BCUT2D eigenvalue weighted by molar-refractivity contribution is 6.01. The number of carboxylic acids is 1. The highest BCUT2D eigenvalue weighted by atomic mass is 16.5. The molecule has 5 amide bonds. The zero-order valence-corrected chi connectivity index (χ0v) is 23.7. The lowest BCUT2D eigenvalue weighted by atomic mass is 9.98. The third kappa shape index (κ3) is 8.12. The van der Waals surface area contributed by atoms with E-state index in [4.69, 9.17) is 4.74 Å². The van der Waals surface area contributed by atoms with Crippen LogP contribution in [0.3, 0.4) is 0 Å². The number of para-hydroxylation sites is 1. The lowest BCUT2D eigenvalue weighted by Crippen LogP contribution is -2.52. The molecule has 2 atom stereocenters. The molecule has 2 fully saturated rings.